The molecule has 4 nitrogen and oxygen atoms in total. The van der Waals surface area contributed by atoms with E-state index in [2.05, 4.69) is 4.74 Å². The standard InChI is InChI=1S/C9H12O4/c1-12-5-9(6-2-3-6)4-7(10)13-8(9)11/h6H,2-5H2,1H3. The highest BCUT2D eigenvalue weighted by atomic mass is 16.6. The molecule has 1 aliphatic heterocycles. The molecule has 0 aromatic heterocycles. The molecule has 2 fully saturated rings. The van der Waals surface area contributed by atoms with E-state index in [-0.39, 0.29) is 12.4 Å². The maximum Gasteiger partial charge on any atom is 0.322 e. The van der Waals surface area contributed by atoms with Crippen molar-refractivity contribution in [3.63, 3.8) is 0 Å². The van der Waals surface area contributed by atoms with Crippen LogP contribution in [0.4, 0.5) is 0 Å². The van der Waals surface area contributed by atoms with Crippen molar-refractivity contribution < 1.29 is 19.1 Å². The second-order valence-electron chi connectivity index (χ2n) is 3.80. The van der Waals surface area contributed by atoms with Gasteiger partial charge in [0.1, 0.15) is 5.41 Å². The molecule has 1 saturated carbocycles. The Hall–Kier alpha value is -0.900. The van der Waals surface area contributed by atoms with Crippen LogP contribution in [0.5, 0.6) is 0 Å². The van der Waals surface area contributed by atoms with Crippen LogP contribution in [0.1, 0.15) is 19.3 Å². The molecule has 2 rings (SSSR count). The highest BCUT2D eigenvalue weighted by Gasteiger charge is 2.58. The molecular formula is C9H12O4. The van der Waals surface area contributed by atoms with Crippen LogP contribution in [0.15, 0.2) is 0 Å². The third kappa shape index (κ3) is 1.25. The van der Waals surface area contributed by atoms with Crippen LogP contribution in [0.3, 0.4) is 0 Å². The summed E-state index contributed by atoms with van der Waals surface area (Å²) in [5.74, 6) is -0.498. The molecule has 1 saturated heterocycles. The monoisotopic (exact) mass is 184 g/mol. The van der Waals surface area contributed by atoms with E-state index in [1.165, 1.54) is 0 Å². The molecule has 1 atom stereocenters. The van der Waals surface area contributed by atoms with Crippen molar-refractivity contribution in [2.75, 3.05) is 13.7 Å². The fourth-order valence-corrected chi connectivity index (χ4v) is 2.00. The molecule has 1 heterocycles. The summed E-state index contributed by atoms with van der Waals surface area (Å²) >= 11 is 0. The lowest BCUT2D eigenvalue weighted by Crippen LogP contribution is -2.33. The lowest BCUT2D eigenvalue weighted by atomic mass is 9.82. The van der Waals surface area contributed by atoms with Gasteiger partial charge in [0.05, 0.1) is 13.0 Å². The Bertz CT molecular complexity index is 256. The van der Waals surface area contributed by atoms with Gasteiger partial charge < -0.3 is 9.47 Å². The molecule has 0 aromatic carbocycles. The minimum atomic E-state index is -0.647. The van der Waals surface area contributed by atoms with Crippen molar-refractivity contribution >= 4 is 11.9 Å². The van der Waals surface area contributed by atoms with Gasteiger partial charge in [-0.2, -0.15) is 0 Å². The van der Waals surface area contributed by atoms with Crippen molar-refractivity contribution in [2.45, 2.75) is 19.3 Å². The van der Waals surface area contributed by atoms with E-state index in [9.17, 15) is 9.59 Å². The molecule has 1 unspecified atom stereocenters. The van der Waals surface area contributed by atoms with Crippen LogP contribution in [-0.4, -0.2) is 25.7 Å². The smallest absolute Gasteiger partial charge is 0.322 e. The van der Waals surface area contributed by atoms with Gasteiger partial charge in [-0.25, -0.2) is 0 Å². The van der Waals surface area contributed by atoms with Crippen LogP contribution in [0, 0.1) is 11.3 Å². The molecule has 0 radical (unpaired) electrons. The number of hydrogen-bond donors (Lipinski definition) is 0. The number of hydrogen-bond acceptors (Lipinski definition) is 4. The first-order chi connectivity index (χ1) is 6.19. The lowest BCUT2D eigenvalue weighted by molar-refractivity contribution is -0.156. The van der Waals surface area contributed by atoms with Gasteiger partial charge in [-0.05, 0) is 18.8 Å². The summed E-state index contributed by atoms with van der Waals surface area (Å²) in [6.07, 6.45) is 2.21. The summed E-state index contributed by atoms with van der Waals surface area (Å²) in [5, 5.41) is 0. The van der Waals surface area contributed by atoms with Crippen LogP contribution in [-0.2, 0) is 19.1 Å². The summed E-state index contributed by atoms with van der Waals surface area (Å²) < 4.78 is 9.57. The molecule has 1 aliphatic carbocycles. The van der Waals surface area contributed by atoms with Crippen molar-refractivity contribution in [1.29, 1.82) is 0 Å². The third-order valence-electron chi connectivity index (χ3n) is 2.83. The molecule has 2 aliphatic rings. The zero-order valence-electron chi connectivity index (χ0n) is 7.54. The minimum Gasteiger partial charge on any atom is -0.393 e. The number of ether oxygens (including phenoxy) is 2. The van der Waals surface area contributed by atoms with E-state index in [4.69, 9.17) is 4.74 Å². The third-order valence-corrected chi connectivity index (χ3v) is 2.83. The number of methoxy groups -OCH3 is 1. The zero-order valence-corrected chi connectivity index (χ0v) is 7.54. The maximum absolute atomic E-state index is 11.5. The molecule has 0 N–H and O–H groups in total. The highest BCUT2D eigenvalue weighted by molar-refractivity contribution is 5.98. The predicted octanol–water partition coefficient (Wildman–Crippen LogP) is 0.503. The molecule has 0 amide bonds. The number of carbonyl (C=O) groups is 2. The van der Waals surface area contributed by atoms with Gasteiger partial charge in [0, 0.05) is 7.11 Å². The second-order valence-corrected chi connectivity index (χ2v) is 3.80. The molecule has 0 spiro atoms. The fourth-order valence-electron chi connectivity index (χ4n) is 2.00. The van der Waals surface area contributed by atoms with E-state index < -0.39 is 11.4 Å². The average Bonchev–Trinajstić information content (AvgIpc) is 2.82. The van der Waals surface area contributed by atoms with Crippen molar-refractivity contribution in [1.82, 2.24) is 0 Å². The van der Waals surface area contributed by atoms with Crippen LogP contribution in [0.25, 0.3) is 0 Å². The van der Waals surface area contributed by atoms with Crippen LogP contribution >= 0.6 is 0 Å². The van der Waals surface area contributed by atoms with Crippen molar-refractivity contribution in [3.05, 3.63) is 0 Å². The van der Waals surface area contributed by atoms with Gasteiger partial charge in [-0.3, -0.25) is 9.59 Å². The van der Waals surface area contributed by atoms with Crippen LogP contribution in [0.2, 0.25) is 0 Å². The van der Waals surface area contributed by atoms with Gasteiger partial charge in [0.15, 0.2) is 0 Å². The summed E-state index contributed by atoms with van der Waals surface area (Å²) in [7, 11) is 1.54. The molecule has 13 heavy (non-hydrogen) atoms. The minimum absolute atomic E-state index is 0.199. The Morgan fingerprint density at radius 1 is 1.54 bits per heavy atom. The quantitative estimate of drug-likeness (QED) is 0.473. The Morgan fingerprint density at radius 3 is 2.62 bits per heavy atom. The molecule has 72 valence electrons. The molecule has 0 aromatic rings. The van der Waals surface area contributed by atoms with Gasteiger partial charge in [-0.15, -0.1) is 0 Å². The SMILES string of the molecule is COCC1(C2CC2)CC(=O)OC1=O. The molecule has 0 bridgehead atoms. The first-order valence-electron chi connectivity index (χ1n) is 4.43. The van der Waals surface area contributed by atoms with E-state index in [0.717, 1.165) is 12.8 Å². The summed E-state index contributed by atoms with van der Waals surface area (Å²) in [6.45, 7) is 0.308. The normalized spacial score (nSPS) is 33.6. The second kappa shape index (κ2) is 2.80. The number of cyclic esters (lactones) is 2. The molecular weight excluding hydrogens is 172 g/mol. The largest absolute Gasteiger partial charge is 0.393 e. The Balaban J connectivity index is 2.21. The van der Waals surface area contributed by atoms with Crippen molar-refractivity contribution in [3.8, 4) is 0 Å². The van der Waals surface area contributed by atoms with Crippen LogP contribution < -0.4 is 0 Å². The van der Waals surface area contributed by atoms with Gasteiger partial charge in [0.25, 0.3) is 0 Å². The Kier molecular flexibility index (Phi) is 1.87. The van der Waals surface area contributed by atoms with E-state index in [0.29, 0.717) is 12.5 Å². The summed E-state index contributed by atoms with van der Waals surface area (Å²) in [5.41, 5.74) is -0.647. The Morgan fingerprint density at radius 2 is 2.23 bits per heavy atom. The van der Waals surface area contributed by atoms with Gasteiger partial charge >= 0.3 is 11.9 Å². The first kappa shape index (κ1) is 8.69. The van der Waals surface area contributed by atoms with Crippen molar-refractivity contribution in [2.24, 2.45) is 11.3 Å². The number of esters is 2. The fraction of sp³-hybridized carbons (Fsp3) is 0.778. The molecule has 4 heteroatoms. The summed E-state index contributed by atoms with van der Waals surface area (Å²) in [6, 6.07) is 0. The Labute approximate surface area is 76.2 Å². The van der Waals surface area contributed by atoms with E-state index in [1.807, 2.05) is 0 Å². The predicted molar refractivity (Wildman–Crippen MR) is 42.7 cm³/mol. The van der Waals surface area contributed by atoms with E-state index in [1.54, 1.807) is 7.11 Å². The van der Waals surface area contributed by atoms with Gasteiger partial charge in [0.2, 0.25) is 0 Å². The highest BCUT2D eigenvalue weighted by Crippen LogP contribution is 2.51. The lowest BCUT2D eigenvalue weighted by Gasteiger charge is -2.21. The van der Waals surface area contributed by atoms with Gasteiger partial charge in [-0.1, -0.05) is 0 Å². The average molecular weight is 184 g/mol. The van der Waals surface area contributed by atoms with E-state index >= 15 is 0 Å². The zero-order chi connectivity index (χ0) is 9.47. The maximum atomic E-state index is 11.5. The first-order valence-corrected chi connectivity index (χ1v) is 4.43. The summed E-state index contributed by atoms with van der Waals surface area (Å²) in [4.78, 5) is 22.4. The topological polar surface area (TPSA) is 52.6 Å². The number of carbonyl (C=O) groups excluding carboxylic acids is 2. The number of rotatable bonds is 3.